The monoisotopic (exact) mass is 570 g/mol. The molecule has 1 unspecified atom stereocenters. The SMILES string of the molecule is CCOC(=O)c1ccc2c(c1)NC(=O)C2C(=Nc1ccc(CN(C)CCNC(=O)OC(C)(C)C)cc1)c1ccccc1. The number of likely N-dealkylation sites (N-methyl/N-ethyl adjacent to an activating group) is 1. The summed E-state index contributed by atoms with van der Waals surface area (Å²) in [7, 11) is 1.99. The molecule has 1 heterocycles. The summed E-state index contributed by atoms with van der Waals surface area (Å²) < 4.78 is 10.4. The quantitative estimate of drug-likeness (QED) is 0.240. The van der Waals surface area contributed by atoms with Crippen molar-refractivity contribution in [1.82, 2.24) is 10.2 Å². The molecule has 220 valence electrons. The molecule has 0 spiro atoms. The zero-order valence-corrected chi connectivity index (χ0v) is 24.8. The van der Waals surface area contributed by atoms with Crippen molar-refractivity contribution in [3.05, 3.63) is 95.1 Å². The molecule has 2 N–H and O–H groups in total. The fourth-order valence-corrected chi connectivity index (χ4v) is 4.65. The molecule has 4 rings (SSSR count). The summed E-state index contributed by atoms with van der Waals surface area (Å²) in [6.45, 7) is 9.34. The minimum Gasteiger partial charge on any atom is -0.462 e. The van der Waals surface area contributed by atoms with Crippen LogP contribution in [0.2, 0.25) is 0 Å². The van der Waals surface area contributed by atoms with Gasteiger partial charge in [0.05, 0.1) is 23.6 Å². The van der Waals surface area contributed by atoms with Gasteiger partial charge in [0.15, 0.2) is 0 Å². The molecule has 0 saturated heterocycles. The number of nitrogens with zero attached hydrogens (tertiary/aromatic N) is 2. The molecule has 0 aromatic heterocycles. The lowest BCUT2D eigenvalue weighted by Crippen LogP contribution is -2.36. The summed E-state index contributed by atoms with van der Waals surface area (Å²) >= 11 is 0. The lowest BCUT2D eigenvalue weighted by Gasteiger charge is -2.21. The maximum absolute atomic E-state index is 13.3. The van der Waals surface area contributed by atoms with Crippen LogP contribution in [0, 0.1) is 0 Å². The molecule has 0 fully saturated rings. The molecule has 2 amide bonds. The van der Waals surface area contributed by atoms with E-state index in [1.54, 1.807) is 25.1 Å². The average Bonchev–Trinajstić information content (AvgIpc) is 3.27. The number of rotatable bonds is 10. The number of nitrogens with one attached hydrogen (secondary N) is 2. The van der Waals surface area contributed by atoms with Crippen LogP contribution in [0.3, 0.4) is 0 Å². The highest BCUT2D eigenvalue weighted by molar-refractivity contribution is 6.24. The van der Waals surface area contributed by atoms with E-state index in [1.165, 1.54) is 0 Å². The summed E-state index contributed by atoms with van der Waals surface area (Å²) in [5, 5.41) is 5.70. The fourth-order valence-electron chi connectivity index (χ4n) is 4.65. The van der Waals surface area contributed by atoms with Crippen molar-refractivity contribution in [2.75, 3.05) is 32.1 Å². The Balaban J connectivity index is 1.50. The van der Waals surface area contributed by atoms with E-state index in [1.807, 2.05) is 82.4 Å². The fraction of sp³-hybridized carbons (Fsp3) is 0.333. The number of carbonyl (C=O) groups excluding carboxylic acids is 3. The first-order chi connectivity index (χ1) is 20.0. The Morgan fingerprint density at radius 1 is 1.00 bits per heavy atom. The second kappa shape index (κ2) is 13.4. The highest BCUT2D eigenvalue weighted by Crippen LogP contribution is 2.37. The Labute approximate surface area is 246 Å². The van der Waals surface area contributed by atoms with Crippen LogP contribution in [0.1, 0.15) is 60.7 Å². The first-order valence-corrected chi connectivity index (χ1v) is 14.0. The van der Waals surface area contributed by atoms with Crippen molar-refractivity contribution in [3.63, 3.8) is 0 Å². The second-order valence-corrected chi connectivity index (χ2v) is 11.1. The summed E-state index contributed by atoms with van der Waals surface area (Å²) in [5.41, 5.74) is 4.46. The minimum atomic E-state index is -0.637. The van der Waals surface area contributed by atoms with Crippen LogP contribution in [0.25, 0.3) is 0 Å². The van der Waals surface area contributed by atoms with E-state index < -0.39 is 23.6 Å². The molecule has 1 aliphatic rings. The number of aliphatic imine (C=N–C) groups is 1. The van der Waals surface area contributed by atoms with Crippen LogP contribution < -0.4 is 10.6 Å². The van der Waals surface area contributed by atoms with E-state index in [0.717, 1.165) is 22.4 Å². The third kappa shape index (κ3) is 8.04. The zero-order chi connectivity index (χ0) is 30.3. The van der Waals surface area contributed by atoms with Gasteiger partial charge in [-0.2, -0.15) is 0 Å². The molecule has 9 heteroatoms. The normalized spacial score (nSPS) is 14.8. The van der Waals surface area contributed by atoms with Gasteiger partial charge in [-0.3, -0.25) is 9.79 Å². The van der Waals surface area contributed by atoms with Gasteiger partial charge in [0.2, 0.25) is 5.91 Å². The van der Waals surface area contributed by atoms with Crippen LogP contribution in [-0.2, 0) is 20.8 Å². The molecule has 0 radical (unpaired) electrons. The van der Waals surface area contributed by atoms with Crippen molar-refractivity contribution >= 4 is 35.1 Å². The molecular weight excluding hydrogens is 532 g/mol. The van der Waals surface area contributed by atoms with Crippen LogP contribution in [0.15, 0.2) is 77.8 Å². The molecule has 0 bridgehead atoms. The average molecular weight is 571 g/mol. The van der Waals surface area contributed by atoms with E-state index in [9.17, 15) is 14.4 Å². The number of carbonyl (C=O) groups is 3. The van der Waals surface area contributed by atoms with E-state index in [0.29, 0.717) is 36.6 Å². The Hall–Kier alpha value is -4.50. The largest absolute Gasteiger partial charge is 0.462 e. The number of esters is 1. The van der Waals surface area contributed by atoms with Gasteiger partial charge in [0, 0.05) is 25.3 Å². The molecule has 42 heavy (non-hydrogen) atoms. The lowest BCUT2D eigenvalue weighted by molar-refractivity contribution is -0.115. The van der Waals surface area contributed by atoms with Crippen LogP contribution in [-0.4, -0.2) is 60.9 Å². The Morgan fingerprint density at radius 3 is 2.38 bits per heavy atom. The van der Waals surface area contributed by atoms with Crippen LogP contribution in [0.4, 0.5) is 16.2 Å². The standard InChI is InChI=1S/C33H38N4O5/c1-6-41-31(39)24-14-17-26-27(20-24)36-30(38)28(26)29(23-10-8-7-9-11-23)35-25-15-12-22(13-16-25)21-37(5)19-18-34-32(40)42-33(2,3)4/h7-17,20,28H,6,18-19,21H2,1-5H3,(H,34,40)(H,36,38). The number of alkyl carbamates (subject to hydrolysis) is 1. The maximum atomic E-state index is 13.3. The van der Waals surface area contributed by atoms with Gasteiger partial charge in [-0.05, 0) is 75.7 Å². The second-order valence-electron chi connectivity index (χ2n) is 11.1. The summed E-state index contributed by atoms with van der Waals surface area (Å²) in [6, 6.07) is 22.6. The van der Waals surface area contributed by atoms with Gasteiger partial charge in [0.1, 0.15) is 11.5 Å². The van der Waals surface area contributed by atoms with Gasteiger partial charge in [-0.1, -0.05) is 48.5 Å². The Kier molecular flexibility index (Phi) is 9.75. The van der Waals surface area contributed by atoms with E-state index in [-0.39, 0.29) is 12.5 Å². The number of hydrogen-bond acceptors (Lipinski definition) is 7. The van der Waals surface area contributed by atoms with Gasteiger partial charge < -0.3 is 25.0 Å². The van der Waals surface area contributed by atoms with Gasteiger partial charge in [-0.15, -0.1) is 0 Å². The van der Waals surface area contributed by atoms with Crippen LogP contribution >= 0.6 is 0 Å². The van der Waals surface area contributed by atoms with Crippen molar-refractivity contribution < 1.29 is 23.9 Å². The van der Waals surface area contributed by atoms with Crippen molar-refractivity contribution in [2.45, 2.75) is 45.8 Å². The molecule has 9 nitrogen and oxygen atoms in total. The molecule has 1 aliphatic heterocycles. The molecular formula is C33H38N4O5. The first-order valence-electron chi connectivity index (χ1n) is 14.0. The summed E-state index contributed by atoms with van der Waals surface area (Å²) in [4.78, 5) is 44.4. The highest BCUT2D eigenvalue weighted by atomic mass is 16.6. The molecule has 3 aromatic rings. The van der Waals surface area contributed by atoms with Gasteiger partial charge >= 0.3 is 12.1 Å². The molecule has 1 atom stereocenters. The van der Waals surface area contributed by atoms with Gasteiger partial charge in [0.25, 0.3) is 0 Å². The summed E-state index contributed by atoms with van der Waals surface area (Å²) in [5.74, 6) is -1.27. The van der Waals surface area contributed by atoms with E-state index in [2.05, 4.69) is 15.5 Å². The number of fused-ring (bicyclic) bond motifs is 1. The lowest BCUT2D eigenvalue weighted by atomic mass is 9.90. The number of hydrogen-bond donors (Lipinski definition) is 2. The van der Waals surface area contributed by atoms with Gasteiger partial charge in [-0.25, -0.2) is 9.59 Å². The smallest absolute Gasteiger partial charge is 0.407 e. The van der Waals surface area contributed by atoms with E-state index >= 15 is 0 Å². The predicted molar refractivity (Wildman–Crippen MR) is 163 cm³/mol. The third-order valence-corrected chi connectivity index (χ3v) is 6.54. The maximum Gasteiger partial charge on any atom is 0.407 e. The zero-order valence-electron chi connectivity index (χ0n) is 24.8. The predicted octanol–water partition coefficient (Wildman–Crippen LogP) is 5.68. The highest BCUT2D eigenvalue weighted by Gasteiger charge is 2.36. The number of benzene rings is 3. The topological polar surface area (TPSA) is 109 Å². The molecule has 0 saturated carbocycles. The van der Waals surface area contributed by atoms with Crippen molar-refractivity contribution in [3.8, 4) is 0 Å². The number of amides is 2. The summed E-state index contributed by atoms with van der Waals surface area (Å²) in [6.07, 6.45) is -0.426. The molecule has 0 aliphatic carbocycles. The third-order valence-electron chi connectivity index (χ3n) is 6.54. The number of anilines is 1. The Morgan fingerprint density at radius 2 is 1.71 bits per heavy atom. The molecule has 3 aromatic carbocycles. The Bertz CT molecular complexity index is 1450. The van der Waals surface area contributed by atoms with Crippen molar-refractivity contribution in [2.24, 2.45) is 4.99 Å². The minimum absolute atomic E-state index is 0.202. The van der Waals surface area contributed by atoms with Crippen molar-refractivity contribution in [1.29, 1.82) is 0 Å². The number of ether oxygens (including phenoxy) is 2. The van der Waals surface area contributed by atoms with Crippen LogP contribution in [0.5, 0.6) is 0 Å². The van der Waals surface area contributed by atoms with E-state index in [4.69, 9.17) is 14.5 Å². The first kappa shape index (κ1) is 30.5.